The van der Waals surface area contributed by atoms with Gasteiger partial charge in [0.1, 0.15) is 0 Å². The van der Waals surface area contributed by atoms with Gasteiger partial charge in [0, 0.05) is 49.1 Å². The molecule has 1 fully saturated rings. The molecular weight excluding hydrogens is 362 g/mol. The Labute approximate surface area is 164 Å². The minimum Gasteiger partial charge on any atom is -0.378 e. The second-order valence-electron chi connectivity index (χ2n) is 7.03. The summed E-state index contributed by atoms with van der Waals surface area (Å²) in [7, 11) is 3.95. The van der Waals surface area contributed by atoms with Crippen molar-refractivity contribution in [1.82, 2.24) is 4.90 Å². The van der Waals surface area contributed by atoms with Crippen molar-refractivity contribution in [2.24, 2.45) is 5.92 Å². The van der Waals surface area contributed by atoms with Crippen molar-refractivity contribution in [3.63, 3.8) is 0 Å². The van der Waals surface area contributed by atoms with Gasteiger partial charge in [-0.15, -0.1) is 0 Å². The number of anilines is 2. The minimum atomic E-state index is -0.205. The zero-order valence-corrected chi connectivity index (χ0v) is 16.4. The number of halogens is 1. The molecule has 0 radical (unpaired) electrons. The van der Waals surface area contributed by atoms with Crippen LogP contribution in [0.25, 0.3) is 0 Å². The summed E-state index contributed by atoms with van der Waals surface area (Å²) in [5, 5.41) is 3.57. The number of hydrogen-bond donors (Lipinski definition) is 1. The normalized spacial score (nSPS) is 16.7. The first kappa shape index (κ1) is 19.2. The molecule has 1 N–H and O–H groups in total. The molecule has 0 aromatic heterocycles. The van der Waals surface area contributed by atoms with Gasteiger partial charge in [0.2, 0.25) is 5.91 Å². The van der Waals surface area contributed by atoms with Crippen molar-refractivity contribution in [1.29, 1.82) is 0 Å². The van der Waals surface area contributed by atoms with Crippen LogP contribution in [0.5, 0.6) is 0 Å². The van der Waals surface area contributed by atoms with Gasteiger partial charge in [0.15, 0.2) is 0 Å². The fraction of sp³-hybridized carbons (Fsp3) is 0.333. The highest BCUT2D eigenvalue weighted by Crippen LogP contribution is 2.22. The van der Waals surface area contributed by atoms with Crippen molar-refractivity contribution in [3.05, 3.63) is 59.1 Å². The van der Waals surface area contributed by atoms with E-state index in [9.17, 15) is 9.59 Å². The van der Waals surface area contributed by atoms with E-state index in [0.717, 1.165) is 24.2 Å². The number of carbonyl (C=O) groups is 2. The summed E-state index contributed by atoms with van der Waals surface area (Å²) >= 11 is 5.89. The molecule has 2 aromatic rings. The van der Waals surface area contributed by atoms with E-state index in [2.05, 4.69) is 5.32 Å². The van der Waals surface area contributed by atoms with E-state index in [0.29, 0.717) is 23.7 Å². The highest BCUT2D eigenvalue weighted by molar-refractivity contribution is 6.30. The minimum absolute atomic E-state index is 0.0405. The summed E-state index contributed by atoms with van der Waals surface area (Å²) in [4.78, 5) is 29.1. The maximum Gasteiger partial charge on any atom is 0.253 e. The van der Waals surface area contributed by atoms with Gasteiger partial charge in [-0.3, -0.25) is 9.59 Å². The zero-order chi connectivity index (χ0) is 19.4. The zero-order valence-electron chi connectivity index (χ0n) is 15.6. The first-order chi connectivity index (χ1) is 12.9. The van der Waals surface area contributed by atoms with Crippen molar-refractivity contribution in [2.45, 2.75) is 12.8 Å². The molecule has 0 bridgehead atoms. The number of piperidine rings is 1. The standard InChI is InChI=1S/C21H24ClN3O2/c1-24(2)19-11-9-18(10-12-19)23-20(26)16-4-3-13-25(14-16)21(27)15-5-7-17(22)8-6-15/h5-12,16H,3-4,13-14H2,1-2H3,(H,23,26). The highest BCUT2D eigenvalue weighted by Gasteiger charge is 2.29. The van der Waals surface area contributed by atoms with Gasteiger partial charge >= 0.3 is 0 Å². The second kappa shape index (κ2) is 8.44. The Morgan fingerprint density at radius 1 is 1.07 bits per heavy atom. The lowest BCUT2D eigenvalue weighted by molar-refractivity contribution is -0.121. The number of nitrogens with one attached hydrogen (secondary N) is 1. The first-order valence-electron chi connectivity index (χ1n) is 9.07. The molecule has 142 valence electrons. The molecule has 1 aliphatic heterocycles. The van der Waals surface area contributed by atoms with Crippen LogP contribution in [0.15, 0.2) is 48.5 Å². The molecule has 0 spiro atoms. The summed E-state index contributed by atoms with van der Waals surface area (Å²) in [6.45, 7) is 1.10. The molecule has 0 saturated carbocycles. The number of benzene rings is 2. The Kier molecular flexibility index (Phi) is 6.01. The SMILES string of the molecule is CN(C)c1ccc(NC(=O)C2CCCN(C(=O)c3ccc(Cl)cc3)C2)cc1. The molecule has 1 unspecified atom stereocenters. The van der Waals surface area contributed by atoms with E-state index < -0.39 is 0 Å². The number of amides is 2. The van der Waals surface area contributed by atoms with E-state index in [4.69, 9.17) is 11.6 Å². The van der Waals surface area contributed by atoms with Crippen molar-refractivity contribution >= 4 is 34.8 Å². The van der Waals surface area contributed by atoms with Gasteiger partial charge in [-0.2, -0.15) is 0 Å². The predicted octanol–water partition coefficient (Wildman–Crippen LogP) is 3.90. The number of carbonyl (C=O) groups excluding carboxylic acids is 2. The third-order valence-corrected chi connectivity index (χ3v) is 5.07. The summed E-state index contributed by atoms with van der Waals surface area (Å²) in [6, 6.07) is 14.6. The fourth-order valence-electron chi connectivity index (χ4n) is 3.24. The Bertz CT molecular complexity index is 803. The number of rotatable bonds is 4. The van der Waals surface area contributed by atoms with E-state index >= 15 is 0 Å². The molecule has 1 heterocycles. The number of nitrogens with zero attached hydrogens (tertiary/aromatic N) is 2. The Morgan fingerprint density at radius 2 is 1.74 bits per heavy atom. The quantitative estimate of drug-likeness (QED) is 0.868. The molecule has 27 heavy (non-hydrogen) atoms. The summed E-state index contributed by atoms with van der Waals surface area (Å²) in [6.07, 6.45) is 1.60. The Hall–Kier alpha value is -2.53. The van der Waals surface area contributed by atoms with Crippen LogP contribution in [0.1, 0.15) is 23.2 Å². The van der Waals surface area contributed by atoms with Gasteiger partial charge in [-0.05, 0) is 61.4 Å². The average Bonchev–Trinajstić information content (AvgIpc) is 2.68. The van der Waals surface area contributed by atoms with Crippen LogP contribution >= 0.6 is 11.6 Å². The third-order valence-electron chi connectivity index (χ3n) is 4.82. The third kappa shape index (κ3) is 4.80. The molecule has 5 nitrogen and oxygen atoms in total. The van der Waals surface area contributed by atoms with Crippen molar-refractivity contribution in [2.75, 3.05) is 37.4 Å². The lowest BCUT2D eigenvalue weighted by Gasteiger charge is -2.32. The van der Waals surface area contributed by atoms with E-state index in [1.807, 2.05) is 43.3 Å². The number of likely N-dealkylation sites (tertiary alicyclic amines) is 1. The molecular formula is C21H24ClN3O2. The van der Waals surface area contributed by atoms with Gasteiger partial charge < -0.3 is 15.1 Å². The van der Waals surface area contributed by atoms with E-state index in [-0.39, 0.29) is 17.7 Å². The molecule has 0 aliphatic carbocycles. The van der Waals surface area contributed by atoms with Crippen LogP contribution in [0.2, 0.25) is 5.02 Å². The topological polar surface area (TPSA) is 52.7 Å². The Morgan fingerprint density at radius 3 is 2.37 bits per heavy atom. The molecule has 1 saturated heterocycles. The van der Waals surface area contributed by atoms with Crippen LogP contribution < -0.4 is 10.2 Å². The molecule has 6 heteroatoms. The largest absolute Gasteiger partial charge is 0.378 e. The average molecular weight is 386 g/mol. The Balaban J connectivity index is 1.62. The summed E-state index contributed by atoms with van der Waals surface area (Å²) in [5.74, 6) is -0.302. The lowest BCUT2D eigenvalue weighted by atomic mass is 9.96. The van der Waals surface area contributed by atoms with E-state index in [1.54, 1.807) is 29.2 Å². The van der Waals surface area contributed by atoms with Crippen LogP contribution in [-0.4, -0.2) is 43.9 Å². The fourth-order valence-corrected chi connectivity index (χ4v) is 3.36. The molecule has 2 aromatic carbocycles. The number of hydrogen-bond acceptors (Lipinski definition) is 3. The van der Waals surface area contributed by atoms with Crippen molar-refractivity contribution in [3.8, 4) is 0 Å². The van der Waals surface area contributed by atoms with E-state index in [1.165, 1.54) is 0 Å². The maximum absolute atomic E-state index is 12.7. The van der Waals surface area contributed by atoms with Crippen LogP contribution in [0.4, 0.5) is 11.4 Å². The van der Waals surface area contributed by atoms with Crippen LogP contribution in [0, 0.1) is 5.92 Å². The molecule has 1 atom stereocenters. The van der Waals surface area contributed by atoms with Crippen LogP contribution in [0.3, 0.4) is 0 Å². The smallest absolute Gasteiger partial charge is 0.253 e. The highest BCUT2D eigenvalue weighted by atomic mass is 35.5. The van der Waals surface area contributed by atoms with Gasteiger partial charge in [-0.25, -0.2) is 0 Å². The van der Waals surface area contributed by atoms with Crippen molar-refractivity contribution < 1.29 is 9.59 Å². The van der Waals surface area contributed by atoms with Gasteiger partial charge in [0.05, 0.1) is 5.92 Å². The molecule has 3 rings (SSSR count). The lowest BCUT2D eigenvalue weighted by Crippen LogP contribution is -2.43. The second-order valence-corrected chi connectivity index (χ2v) is 7.46. The first-order valence-corrected chi connectivity index (χ1v) is 9.45. The van der Waals surface area contributed by atoms with Gasteiger partial charge in [0.25, 0.3) is 5.91 Å². The molecule has 2 amide bonds. The maximum atomic E-state index is 12.7. The van der Waals surface area contributed by atoms with Crippen LogP contribution in [-0.2, 0) is 4.79 Å². The summed E-state index contributed by atoms with van der Waals surface area (Å²) < 4.78 is 0. The molecule has 1 aliphatic rings. The predicted molar refractivity (Wildman–Crippen MR) is 109 cm³/mol. The van der Waals surface area contributed by atoms with Gasteiger partial charge in [-0.1, -0.05) is 11.6 Å². The monoisotopic (exact) mass is 385 g/mol. The summed E-state index contributed by atoms with van der Waals surface area (Å²) in [5.41, 5.74) is 2.44.